The molecule has 22 heavy (non-hydrogen) atoms. The van der Waals surface area contributed by atoms with Crippen LogP contribution >= 0.6 is 0 Å². The lowest BCUT2D eigenvalue weighted by atomic mass is 10.1. The van der Waals surface area contributed by atoms with Crippen LogP contribution in [0.3, 0.4) is 0 Å². The van der Waals surface area contributed by atoms with E-state index in [9.17, 15) is 9.18 Å². The lowest BCUT2D eigenvalue weighted by molar-refractivity contribution is 0.0503. The summed E-state index contributed by atoms with van der Waals surface area (Å²) in [7, 11) is 0. The van der Waals surface area contributed by atoms with Crippen LogP contribution in [0.2, 0.25) is 0 Å². The van der Waals surface area contributed by atoms with E-state index >= 15 is 0 Å². The average molecular weight is 298 g/mol. The van der Waals surface area contributed by atoms with Crippen LogP contribution in [0.5, 0.6) is 0 Å². The fourth-order valence-corrected chi connectivity index (χ4v) is 1.85. The molecular formula is C17H15FN2O2. The van der Waals surface area contributed by atoms with Gasteiger partial charge in [0.05, 0.1) is 23.9 Å². The molecule has 0 aliphatic heterocycles. The first-order valence-electron chi connectivity index (χ1n) is 6.86. The number of halogens is 1. The molecule has 0 aliphatic carbocycles. The number of carbonyl (C=O) groups excluding carboxylic acids is 1. The smallest absolute Gasteiger partial charge is 0.340 e. The minimum Gasteiger partial charge on any atom is -0.462 e. The molecule has 0 aliphatic rings. The number of para-hydroxylation sites is 1. The van der Waals surface area contributed by atoms with Gasteiger partial charge in [0.15, 0.2) is 0 Å². The van der Waals surface area contributed by atoms with Crippen molar-refractivity contribution < 1.29 is 13.9 Å². The summed E-state index contributed by atoms with van der Waals surface area (Å²) in [6.45, 7) is 0.206. The summed E-state index contributed by atoms with van der Waals surface area (Å²) in [5.74, 6) is -0.779. The second kappa shape index (κ2) is 7.79. The van der Waals surface area contributed by atoms with Gasteiger partial charge < -0.3 is 10.1 Å². The zero-order chi connectivity index (χ0) is 15.8. The highest BCUT2D eigenvalue weighted by Crippen LogP contribution is 2.21. The molecule has 2 rings (SSSR count). The standard InChI is InChI=1S/C17H15FN2O2/c18-13-7-9-14(10-8-13)20-16-6-2-1-5-15(16)17(21)22-12-4-3-11-19/h1-2,5-10,20H,3-4,12H2. The molecule has 0 radical (unpaired) electrons. The number of nitriles is 1. The zero-order valence-electron chi connectivity index (χ0n) is 11.9. The Morgan fingerprint density at radius 1 is 1.18 bits per heavy atom. The molecule has 0 atom stereocenters. The molecular weight excluding hydrogens is 283 g/mol. The van der Waals surface area contributed by atoms with Gasteiger partial charge in [-0.3, -0.25) is 0 Å². The van der Waals surface area contributed by atoms with E-state index in [0.717, 1.165) is 0 Å². The van der Waals surface area contributed by atoms with Crippen LogP contribution in [0, 0.1) is 17.1 Å². The Morgan fingerprint density at radius 3 is 2.64 bits per heavy atom. The molecule has 2 aromatic rings. The highest BCUT2D eigenvalue weighted by molar-refractivity contribution is 5.96. The van der Waals surface area contributed by atoms with Crippen molar-refractivity contribution in [2.45, 2.75) is 12.8 Å². The molecule has 0 heterocycles. The van der Waals surface area contributed by atoms with Crippen LogP contribution in [0.4, 0.5) is 15.8 Å². The molecule has 0 fully saturated rings. The minimum absolute atomic E-state index is 0.206. The molecule has 4 nitrogen and oxygen atoms in total. The summed E-state index contributed by atoms with van der Waals surface area (Å²) in [5, 5.41) is 11.5. The van der Waals surface area contributed by atoms with E-state index in [1.165, 1.54) is 12.1 Å². The second-order valence-electron chi connectivity index (χ2n) is 4.58. The minimum atomic E-state index is -0.455. The van der Waals surface area contributed by atoms with E-state index in [-0.39, 0.29) is 12.4 Å². The van der Waals surface area contributed by atoms with E-state index in [2.05, 4.69) is 5.32 Å². The summed E-state index contributed by atoms with van der Waals surface area (Å²) in [4.78, 5) is 12.1. The quantitative estimate of drug-likeness (QED) is 0.646. The fraction of sp³-hybridized carbons (Fsp3) is 0.176. The predicted octanol–water partition coefficient (Wildman–Crippen LogP) is 4.03. The number of rotatable bonds is 6. The third kappa shape index (κ3) is 4.32. The number of carbonyl (C=O) groups is 1. The molecule has 0 bridgehead atoms. The van der Waals surface area contributed by atoms with Crippen LogP contribution < -0.4 is 5.32 Å². The molecule has 0 unspecified atom stereocenters. The van der Waals surface area contributed by atoms with Crippen LogP contribution in [-0.4, -0.2) is 12.6 Å². The summed E-state index contributed by atoms with van der Waals surface area (Å²) >= 11 is 0. The number of unbranched alkanes of at least 4 members (excludes halogenated alkanes) is 1. The second-order valence-corrected chi connectivity index (χ2v) is 4.58. The number of ether oxygens (including phenoxy) is 1. The molecule has 0 saturated heterocycles. The molecule has 112 valence electrons. The Balaban J connectivity index is 2.07. The number of anilines is 2. The molecule has 0 amide bonds. The predicted molar refractivity (Wildman–Crippen MR) is 81.3 cm³/mol. The van der Waals surface area contributed by atoms with E-state index in [1.807, 2.05) is 6.07 Å². The van der Waals surface area contributed by atoms with Gasteiger partial charge in [-0.2, -0.15) is 5.26 Å². The number of nitrogens with zero attached hydrogens (tertiary/aromatic N) is 1. The summed E-state index contributed by atoms with van der Waals surface area (Å²) in [6, 6.07) is 14.8. The lowest BCUT2D eigenvalue weighted by Gasteiger charge is -2.11. The number of nitrogens with one attached hydrogen (secondary N) is 1. The Kier molecular flexibility index (Phi) is 5.50. The van der Waals surface area contributed by atoms with Crippen molar-refractivity contribution in [3.63, 3.8) is 0 Å². The van der Waals surface area contributed by atoms with Gasteiger partial charge in [0.1, 0.15) is 5.82 Å². The Morgan fingerprint density at radius 2 is 1.91 bits per heavy atom. The SMILES string of the molecule is N#CCCCOC(=O)c1ccccc1Nc1ccc(F)cc1. The monoisotopic (exact) mass is 298 g/mol. The molecule has 0 saturated carbocycles. The summed E-state index contributed by atoms with van der Waals surface area (Å²) in [5.41, 5.74) is 1.65. The Labute approximate surface area is 128 Å². The normalized spacial score (nSPS) is 9.82. The Bertz CT molecular complexity index is 678. The van der Waals surface area contributed by atoms with E-state index in [1.54, 1.807) is 36.4 Å². The van der Waals surface area contributed by atoms with Gasteiger partial charge in [-0.15, -0.1) is 0 Å². The summed E-state index contributed by atoms with van der Waals surface area (Å²) in [6.07, 6.45) is 0.860. The lowest BCUT2D eigenvalue weighted by Crippen LogP contribution is -2.09. The van der Waals surface area contributed by atoms with Gasteiger partial charge >= 0.3 is 5.97 Å². The third-order valence-corrected chi connectivity index (χ3v) is 2.94. The van der Waals surface area contributed by atoms with Crippen molar-refractivity contribution in [3.05, 3.63) is 59.9 Å². The maximum absolute atomic E-state index is 12.9. The third-order valence-electron chi connectivity index (χ3n) is 2.94. The number of hydrogen-bond acceptors (Lipinski definition) is 4. The number of esters is 1. The van der Waals surface area contributed by atoms with Crippen molar-refractivity contribution >= 4 is 17.3 Å². The summed E-state index contributed by atoms with van der Waals surface area (Å²) < 4.78 is 18.0. The molecule has 1 N–H and O–H groups in total. The van der Waals surface area contributed by atoms with Crippen molar-refractivity contribution in [1.82, 2.24) is 0 Å². The molecule has 5 heteroatoms. The van der Waals surface area contributed by atoms with Crippen LogP contribution in [-0.2, 0) is 4.74 Å². The van der Waals surface area contributed by atoms with Gasteiger partial charge in [-0.05, 0) is 42.8 Å². The first kappa shape index (κ1) is 15.5. The van der Waals surface area contributed by atoms with Crippen molar-refractivity contribution in [2.75, 3.05) is 11.9 Å². The van der Waals surface area contributed by atoms with Crippen molar-refractivity contribution in [2.24, 2.45) is 0 Å². The van der Waals surface area contributed by atoms with Gasteiger partial charge in [-0.25, -0.2) is 9.18 Å². The largest absolute Gasteiger partial charge is 0.462 e. The van der Waals surface area contributed by atoms with Crippen LogP contribution in [0.15, 0.2) is 48.5 Å². The van der Waals surface area contributed by atoms with Crippen LogP contribution in [0.25, 0.3) is 0 Å². The maximum atomic E-state index is 12.9. The Hall–Kier alpha value is -2.87. The van der Waals surface area contributed by atoms with Crippen LogP contribution in [0.1, 0.15) is 23.2 Å². The van der Waals surface area contributed by atoms with E-state index in [4.69, 9.17) is 10.00 Å². The first-order valence-corrected chi connectivity index (χ1v) is 6.86. The maximum Gasteiger partial charge on any atom is 0.340 e. The van der Waals surface area contributed by atoms with Crippen molar-refractivity contribution in [1.29, 1.82) is 5.26 Å². The number of hydrogen-bond donors (Lipinski definition) is 1. The van der Waals surface area contributed by atoms with E-state index < -0.39 is 5.97 Å². The number of benzene rings is 2. The van der Waals surface area contributed by atoms with Gasteiger partial charge in [0.25, 0.3) is 0 Å². The van der Waals surface area contributed by atoms with Gasteiger partial charge in [0.2, 0.25) is 0 Å². The fourth-order valence-electron chi connectivity index (χ4n) is 1.85. The van der Waals surface area contributed by atoms with Crippen molar-refractivity contribution in [3.8, 4) is 6.07 Å². The molecule has 2 aromatic carbocycles. The first-order chi connectivity index (χ1) is 10.7. The molecule has 0 spiro atoms. The highest BCUT2D eigenvalue weighted by Gasteiger charge is 2.12. The van der Waals surface area contributed by atoms with E-state index in [0.29, 0.717) is 29.8 Å². The van der Waals surface area contributed by atoms with Gasteiger partial charge in [0, 0.05) is 12.1 Å². The zero-order valence-corrected chi connectivity index (χ0v) is 11.9. The molecule has 0 aromatic heterocycles. The topological polar surface area (TPSA) is 62.1 Å². The average Bonchev–Trinajstić information content (AvgIpc) is 2.54. The van der Waals surface area contributed by atoms with Gasteiger partial charge in [-0.1, -0.05) is 12.1 Å². The highest BCUT2D eigenvalue weighted by atomic mass is 19.1.